The molecule has 0 aliphatic rings. The van der Waals surface area contributed by atoms with Crippen LogP contribution in [0.15, 0.2) is 36.5 Å². The van der Waals surface area contributed by atoms with Crippen LogP contribution in [0.2, 0.25) is 0 Å². The van der Waals surface area contributed by atoms with Crippen molar-refractivity contribution in [1.82, 2.24) is 15.8 Å². The highest BCUT2D eigenvalue weighted by Gasteiger charge is 2.20. The van der Waals surface area contributed by atoms with Gasteiger partial charge in [-0.1, -0.05) is 6.07 Å². The fraction of sp³-hybridized carbons (Fsp3) is 0.214. The molecule has 0 bridgehead atoms. The molecule has 1 unspecified atom stereocenters. The lowest BCUT2D eigenvalue weighted by atomic mass is 10.1. The highest BCUT2D eigenvalue weighted by Crippen LogP contribution is 2.17. The van der Waals surface area contributed by atoms with Crippen molar-refractivity contribution in [2.75, 3.05) is 12.4 Å². The smallest absolute Gasteiger partial charge is 0.245 e. The van der Waals surface area contributed by atoms with E-state index >= 15 is 0 Å². The molecule has 2 amide bonds. The Bertz CT molecular complexity index is 659. The molecular weight excluding hydrogens is 272 g/mol. The van der Waals surface area contributed by atoms with E-state index in [9.17, 15) is 9.59 Å². The van der Waals surface area contributed by atoms with Crippen LogP contribution in [-0.4, -0.2) is 35.1 Å². The van der Waals surface area contributed by atoms with Gasteiger partial charge in [0.15, 0.2) is 0 Å². The van der Waals surface area contributed by atoms with Crippen LogP contribution in [0.3, 0.4) is 0 Å². The topological polar surface area (TPSA) is 103 Å². The van der Waals surface area contributed by atoms with Gasteiger partial charge in [-0.2, -0.15) is 0 Å². The van der Waals surface area contributed by atoms with Crippen molar-refractivity contribution in [2.24, 2.45) is 0 Å². The summed E-state index contributed by atoms with van der Waals surface area (Å²) >= 11 is 0. The Balaban J connectivity index is 2.10. The van der Waals surface area contributed by atoms with Gasteiger partial charge in [0, 0.05) is 17.3 Å². The zero-order valence-corrected chi connectivity index (χ0v) is 11.5. The Morgan fingerprint density at radius 1 is 1.33 bits per heavy atom. The molecule has 1 atom stereocenters. The van der Waals surface area contributed by atoms with Gasteiger partial charge < -0.3 is 10.6 Å². The third-order valence-electron chi connectivity index (χ3n) is 3.05. The van der Waals surface area contributed by atoms with Crippen molar-refractivity contribution >= 4 is 28.4 Å². The lowest BCUT2D eigenvalue weighted by Gasteiger charge is -2.15. The van der Waals surface area contributed by atoms with Gasteiger partial charge in [-0.3, -0.25) is 19.8 Å². The lowest BCUT2D eigenvalue weighted by Crippen LogP contribution is -2.42. The first-order valence-electron chi connectivity index (χ1n) is 6.40. The zero-order chi connectivity index (χ0) is 15.2. The third kappa shape index (κ3) is 3.74. The van der Waals surface area contributed by atoms with E-state index in [1.165, 1.54) is 5.48 Å². The number of aromatic nitrogens is 1. The van der Waals surface area contributed by atoms with Gasteiger partial charge in [-0.25, -0.2) is 5.48 Å². The van der Waals surface area contributed by atoms with E-state index in [-0.39, 0.29) is 12.3 Å². The second kappa shape index (κ2) is 6.78. The minimum absolute atomic E-state index is 0.159. The van der Waals surface area contributed by atoms with Gasteiger partial charge in [0.05, 0.1) is 18.0 Å². The molecule has 2 rings (SSSR count). The maximum atomic E-state index is 12.1. The molecule has 0 spiro atoms. The summed E-state index contributed by atoms with van der Waals surface area (Å²) in [6.45, 7) is 0. The van der Waals surface area contributed by atoms with E-state index in [0.717, 1.165) is 10.9 Å². The standard InChI is InChI=1S/C14H16N4O3/c1-15-12(8-13(19)18-21)14(20)17-10-4-5-11-9(7-10)3-2-6-16-11/h2-7,12,15,21H,8H2,1H3,(H,17,20)(H,18,19). The van der Waals surface area contributed by atoms with Crippen LogP contribution in [0.25, 0.3) is 10.9 Å². The maximum Gasteiger partial charge on any atom is 0.245 e. The summed E-state index contributed by atoms with van der Waals surface area (Å²) in [7, 11) is 1.57. The summed E-state index contributed by atoms with van der Waals surface area (Å²) in [6.07, 6.45) is 1.54. The number of anilines is 1. The predicted octanol–water partition coefficient (Wildman–Crippen LogP) is 0.657. The number of carbonyl (C=O) groups excluding carboxylic acids is 2. The summed E-state index contributed by atoms with van der Waals surface area (Å²) < 4.78 is 0. The molecule has 0 aliphatic carbocycles. The number of hydrogen-bond acceptors (Lipinski definition) is 5. The zero-order valence-electron chi connectivity index (χ0n) is 11.5. The number of rotatable bonds is 5. The van der Waals surface area contributed by atoms with Crippen molar-refractivity contribution in [2.45, 2.75) is 12.5 Å². The van der Waals surface area contributed by atoms with Gasteiger partial charge in [0.1, 0.15) is 0 Å². The Hall–Kier alpha value is -2.51. The van der Waals surface area contributed by atoms with E-state index in [2.05, 4.69) is 15.6 Å². The normalized spacial score (nSPS) is 11.9. The number of nitrogens with zero attached hydrogens (tertiary/aromatic N) is 1. The third-order valence-corrected chi connectivity index (χ3v) is 3.05. The summed E-state index contributed by atoms with van der Waals surface area (Å²) in [4.78, 5) is 27.4. The summed E-state index contributed by atoms with van der Waals surface area (Å²) in [5.74, 6) is -0.989. The molecular formula is C14H16N4O3. The molecule has 0 aliphatic heterocycles. The van der Waals surface area contributed by atoms with E-state index in [4.69, 9.17) is 5.21 Å². The predicted molar refractivity (Wildman–Crippen MR) is 77.8 cm³/mol. The number of likely N-dealkylation sites (N-methyl/N-ethyl adjacent to an activating group) is 1. The Morgan fingerprint density at radius 2 is 2.14 bits per heavy atom. The largest absolute Gasteiger partial charge is 0.325 e. The monoisotopic (exact) mass is 288 g/mol. The van der Waals surface area contributed by atoms with Crippen molar-refractivity contribution in [3.05, 3.63) is 36.5 Å². The van der Waals surface area contributed by atoms with Crippen molar-refractivity contribution in [1.29, 1.82) is 0 Å². The maximum absolute atomic E-state index is 12.1. The number of benzene rings is 1. The molecule has 110 valence electrons. The van der Waals surface area contributed by atoms with Gasteiger partial charge in [0.25, 0.3) is 0 Å². The van der Waals surface area contributed by atoms with Crippen LogP contribution in [0, 0.1) is 0 Å². The van der Waals surface area contributed by atoms with Gasteiger partial charge >= 0.3 is 0 Å². The molecule has 21 heavy (non-hydrogen) atoms. The SMILES string of the molecule is CNC(CC(=O)NO)C(=O)Nc1ccc2ncccc2c1. The average molecular weight is 288 g/mol. The van der Waals surface area contributed by atoms with Gasteiger partial charge in [-0.15, -0.1) is 0 Å². The summed E-state index contributed by atoms with van der Waals surface area (Å²) in [6, 6.07) is 8.33. The van der Waals surface area contributed by atoms with E-state index in [1.807, 2.05) is 12.1 Å². The quantitative estimate of drug-likeness (QED) is 0.478. The molecule has 0 fully saturated rings. The van der Waals surface area contributed by atoms with Gasteiger partial charge in [0.2, 0.25) is 11.8 Å². The van der Waals surface area contributed by atoms with Crippen molar-refractivity contribution < 1.29 is 14.8 Å². The molecule has 7 heteroatoms. The molecule has 4 N–H and O–H groups in total. The van der Waals surface area contributed by atoms with E-state index in [0.29, 0.717) is 5.69 Å². The first-order valence-corrected chi connectivity index (χ1v) is 6.40. The average Bonchev–Trinajstić information content (AvgIpc) is 2.52. The highest BCUT2D eigenvalue weighted by atomic mass is 16.5. The number of amides is 2. The second-order valence-electron chi connectivity index (χ2n) is 4.48. The number of pyridine rings is 1. The summed E-state index contributed by atoms with van der Waals surface area (Å²) in [5.41, 5.74) is 2.96. The van der Waals surface area contributed by atoms with Crippen LogP contribution < -0.4 is 16.1 Å². The van der Waals surface area contributed by atoms with Crippen molar-refractivity contribution in [3.63, 3.8) is 0 Å². The van der Waals surface area contributed by atoms with E-state index < -0.39 is 11.9 Å². The molecule has 2 aromatic rings. The molecule has 0 saturated heterocycles. The molecule has 7 nitrogen and oxygen atoms in total. The summed E-state index contributed by atoms with van der Waals surface area (Å²) in [5, 5.41) is 14.9. The number of nitrogens with one attached hydrogen (secondary N) is 3. The van der Waals surface area contributed by atoms with Crippen LogP contribution in [0.5, 0.6) is 0 Å². The van der Waals surface area contributed by atoms with Crippen LogP contribution in [-0.2, 0) is 9.59 Å². The Morgan fingerprint density at radius 3 is 2.86 bits per heavy atom. The minimum Gasteiger partial charge on any atom is -0.325 e. The van der Waals surface area contributed by atoms with Crippen LogP contribution >= 0.6 is 0 Å². The fourth-order valence-corrected chi connectivity index (χ4v) is 1.94. The van der Waals surface area contributed by atoms with Crippen LogP contribution in [0.4, 0.5) is 5.69 Å². The fourth-order valence-electron chi connectivity index (χ4n) is 1.94. The van der Waals surface area contributed by atoms with Crippen molar-refractivity contribution in [3.8, 4) is 0 Å². The lowest BCUT2D eigenvalue weighted by molar-refractivity contribution is -0.132. The molecule has 1 heterocycles. The Kier molecular flexibility index (Phi) is 4.81. The number of hydrogen-bond donors (Lipinski definition) is 4. The highest BCUT2D eigenvalue weighted by molar-refractivity contribution is 5.98. The Labute approximate surface area is 121 Å². The number of hydroxylamine groups is 1. The molecule has 0 saturated carbocycles. The number of carbonyl (C=O) groups is 2. The molecule has 1 aromatic heterocycles. The second-order valence-corrected chi connectivity index (χ2v) is 4.48. The first-order chi connectivity index (χ1) is 10.1. The number of fused-ring (bicyclic) bond motifs is 1. The van der Waals surface area contributed by atoms with Crippen LogP contribution in [0.1, 0.15) is 6.42 Å². The van der Waals surface area contributed by atoms with Gasteiger partial charge in [-0.05, 0) is 31.3 Å². The minimum atomic E-state index is -0.734. The molecule has 1 aromatic carbocycles. The van der Waals surface area contributed by atoms with E-state index in [1.54, 1.807) is 31.4 Å². The first kappa shape index (κ1) is 14.9. The molecule has 0 radical (unpaired) electrons.